The maximum atomic E-state index is 12.7. The van der Waals surface area contributed by atoms with Crippen molar-refractivity contribution in [3.8, 4) is 0 Å². The summed E-state index contributed by atoms with van der Waals surface area (Å²) < 4.78 is 17.3. The van der Waals surface area contributed by atoms with Crippen LogP contribution in [0.25, 0.3) is 0 Å². The van der Waals surface area contributed by atoms with Gasteiger partial charge in [0, 0.05) is 19.3 Å². The van der Waals surface area contributed by atoms with Gasteiger partial charge >= 0.3 is 17.9 Å². The van der Waals surface area contributed by atoms with Crippen molar-refractivity contribution in [1.82, 2.24) is 0 Å². The molecule has 0 aliphatic rings. The predicted molar refractivity (Wildman–Crippen MR) is 247 cm³/mol. The number of allylic oxidation sites excluding steroid dienone is 12. The summed E-state index contributed by atoms with van der Waals surface area (Å²) in [7, 11) is 5.51. The highest BCUT2D eigenvalue weighted by atomic mass is 16.6. The summed E-state index contributed by atoms with van der Waals surface area (Å²) in [6.07, 6.45) is 52.3. The standard InChI is InChI=1S/C51H87NO7/c1-6-8-10-12-14-16-18-20-22-24-25-26-28-30-32-34-36-38-40-42-50(54)59-47(45-57-44-43-48(51(55)56)52(3,4)5)46-58-49(53)41-39-37-35-33-31-29-27-23-21-19-17-15-13-11-9-7-2/h8,10,14,16,20,22-23,25-27,30,32,47-48H,6-7,9,11-13,15,17-19,21,24,28-29,31,33-46H2,1-5H3/p+1/b10-8-,16-14-,22-20-,26-25-,27-23-,32-30-. The van der Waals surface area contributed by atoms with E-state index in [0.29, 0.717) is 12.8 Å². The van der Waals surface area contributed by atoms with E-state index < -0.39 is 18.1 Å². The third-order valence-electron chi connectivity index (χ3n) is 10.1. The van der Waals surface area contributed by atoms with Crippen molar-refractivity contribution < 1.29 is 38.2 Å². The van der Waals surface area contributed by atoms with Gasteiger partial charge < -0.3 is 23.8 Å². The molecule has 0 aromatic rings. The summed E-state index contributed by atoms with van der Waals surface area (Å²) in [5.41, 5.74) is 0. The number of carbonyl (C=O) groups is 3. The van der Waals surface area contributed by atoms with Gasteiger partial charge in [-0.05, 0) is 83.5 Å². The number of rotatable bonds is 41. The van der Waals surface area contributed by atoms with Crippen LogP contribution in [0.2, 0.25) is 0 Å². The van der Waals surface area contributed by atoms with Crippen LogP contribution in [-0.4, -0.2) is 80.6 Å². The smallest absolute Gasteiger partial charge is 0.362 e. The number of ether oxygens (including phenoxy) is 3. The van der Waals surface area contributed by atoms with Crippen LogP contribution in [-0.2, 0) is 28.6 Å². The van der Waals surface area contributed by atoms with E-state index in [0.717, 1.165) is 89.9 Å². The number of carbonyl (C=O) groups excluding carboxylic acids is 2. The summed E-state index contributed by atoms with van der Waals surface area (Å²) in [6, 6.07) is -0.625. The van der Waals surface area contributed by atoms with Crippen molar-refractivity contribution in [1.29, 1.82) is 0 Å². The largest absolute Gasteiger partial charge is 0.477 e. The minimum atomic E-state index is -0.884. The molecule has 0 spiro atoms. The van der Waals surface area contributed by atoms with E-state index in [9.17, 15) is 19.5 Å². The Labute approximate surface area is 361 Å². The average molecular weight is 827 g/mol. The number of aliphatic carboxylic acids is 1. The van der Waals surface area contributed by atoms with Crippen LogP contribution < -0.4 is 0 Å². The van der Waals surface area contributed by atoms with Gasteiger partial charge in [-0.15, -0.1) is 0 Å². The molecule has 0 heterocycles. The molecule has 0 fully saturated rings. The summed E-state index contributed by atoms with van der Waals surface area (Å²) in [5.74, 6) is -1.53. The lowest BCUT2D eigenvalue weighted by molar-refractivity contribution is -0.887. The highest BCUT2D eigenvalue weighted by Gasteiger charge is 2.31. The summed E-state index contributed by atoms with van der Waals surface area (Å²) >= 11 is 0. The molecule has 2 atom stereocenters. The Hall–Kier alpha value is -3.23. The molecule has 0 bridgehead atoms. The van der Waals surface area contributed by atoms with Crippen molar-refractivity contribution in [3.05, 3.63) is 72.9 Å². The molecule has 0 aliphatic heterocycles. The molecule has 0 saturated heterocycles. The number of nitrogens with zero attached hydrogens (tertiary/aromatic N) is 1. The first-order valence-electron chi connectivity index (χ1n) is 23.5. The molecule has 2 unspecified atom stereocenters. The molecule has 59 heavy (non-hydrogen) atoms. The second kappa shape index (κ2) is 41.5. The van der Waals surface area contributed by atoms with E-state index in [1.165, 1.54) is 57.8 Å². The van der Waals surface area contributed by atoms with E-state index in [1.807, 2.05) is 21.1 Å². The van der Waals surface area contributed by atoms with Crippen LogP contribution in [0.1, 0.15) is 181 Å². The van der Waals surface area contributed by atoms with Crippen molar-refractivity contribution in [2.75, 3.05) is 41.0 Å². The van der Waals surface area contributed by atoms with Crippen molar-refractivity contribution in [2.45, 2.75) is 193 Å². The molecule has 0 aliphatic carbocycles. The highest BCUT2D eigenvalue weighted by Crippen LogP contribution is 2.13. The zero-order chi connectivity index (χ0) is 43.5. The van der Waals surface area contributed by atoms with Gasteiger partial charge in [-0.2, -0.15) is 0 Å². The maximum Gasteiger partial charge on any atom is 0.362 e. The second-order valence-corrected chi connectivity index (χ2v) is 16.6. The Bertz CT molecular complexity index is 1190. The summed E-state index contributed by atoms with van der Waals surface area (Å²) in [4.78, 5) is 37.0. The maximum absolute atomic E-state index is 12.7. The lowest BCUT2D eigenvalue weighted by Gasteiger charge is -2.31. The zero-order valence-corrected chi connectivity index (χ0v) is 38.4. The lowest BCUT2D eigenvalue weighted by atomic mass is 10.1. The minimum absolute atomic E-state index is 0.0417. The van der Waals surface area contributed by atoms with E-state index in [2.05, 4.69) is 86.8 Å². The number of likely N-dealkylation sites (N-methyl/N-ethyl adjacent to an activating group) is 1. The quantitative estimate of drug-likeness (QED) is 0.0284. The molecule has 0 saturated carbocycles. The van der Waals surface area contributed by atoms with E-state index in [4.69, 9.17) is 14.2 Å². The van der Waals surface area contributed by atoms with Crippen LogP contribution in [0.15, 0.2) is 72.9 Å². The van der Waals surface area contributed by atoms with Crippen LogP contribution in [0, 0.1) is 0 Å². The van der Waals surface area contributed by atoms with Crippen LogP contribution in [0.5, 0.6) is 0 Å². The minimum Gasteiger partial charge on any atom is -0.477 e. The molecule has 8 heteroatoms. The fourth-order valence-electron chi connectivity index (χ4n) is 6.46. The number of carboxylic acid groups (broad SMARTS) is 1. The van der Waals surface area contributed by atoms with Crippen molar-refractivity contribution in [3.63, 3.8) is 0 Å². The van der Waals surface area contributed by atoms with Gasteiger partial charge in [-0.1, -0.05) is 151 Å². The SMILES string of the molecule is CC/C=C\C/C=C\C/C=C\C/C=C\C/C=C\CCCCCC(=O)OC(COCCC(C(=O)O)[N+](C)(C)C)COC(=O)CCCCCCC/C=C\CCCCCCCCC. The molecule has 0 aromatic carbocycles. The number of esters is 2. The Morgan fingerprint density at radius 3 is 1.44 bits per heavy atom. The van der Waals surface area contributed by atoms with Crippen LogP contribution >= 0.6 is 0 Å². The number of quaternary nitrogens is 1. The Kier molecular flexibility index (Phi) is 39.2. The fourth-order valence-corrected chi connectivity index (χ4v) is 6.46. The Morgan fingerprint density at radius 1 is 0.525 bits per heavy atom. The highest BCUT2D eigenvalue weighted by molar-refractivity contribution is 5.72. The number of hydrogen-bond acceptors (Lipinski definition) is 6. The fraction of sp³-hybridized carbons (Fsp3) is 0.706. The van der Waals surface area contributed by atoms with Gasteiger partial charge in [0.2, 0.25) is 0 Å². The zero-order valence-electron chi connectivity index (χ0n) is 38.4. The van der Waals surface area contributed by atoms with Gasteiger partial charge in [0.25, 0.3) is 0 Å². The predicted octanol–water partition coefficient (Wildman–Crippen LogP) is 13.1. The molecular formula is C51H88NO7+. The number of carboxylic acids is 1. The van der Waals surface area contributed by atoms with Gasteiger partial charge in [0.05, 0.1) is 34.4 Å². The Balaban J connectivity index is 4.41. The molecule has 0 amide bonds. The second-order valence-electron chi connectivity index (χ2n) is 16.6. The normalized spacial score (nSPS) is 13.6. The van der Waals surface area contributed by atoms with Crippen molar-refractivity contribution in [2.24, 2.45) is 0 Å². The van der Waals surface area contributed by atoms with Gasteiger partial charge in [0.15, 0.2) is 12.1 Å². The topological polar surface area (TPSA) is 99.1 Å². The van der Waals surface area contributed by atoms with Gasteiger partial charge in [0.1, 0.15) is 6.61 Å². The van der Waals surface area contributed by atoms with Crippen LogP contribution in [0.4, 0.5) is 0 Å². The first-order chi connectivity index (χ1) is 28.6. The van der Waals surface area contributed by atoms with E-state index >= 15 is 0 Å². The summed E-state index contributed by atoms with van der Waals surface area (Å²) in [6.45, 7) is 4.57. The third-order valence-corrected chi connectivity index (χ3v) is 10.1. The van der Waals surface area contributed by atoms with E-state index in [-0.39, 0.29) is 42.7 Å². The number of hydrogen-bond donors (Lipinski definition) is 1. The average Bonchev–Trinajstić information content (AvgIpc) is 3.19. The van der Waals surface area contributed by atoms with E-state index in [1.54, 1.807) is 0 Å². The molecule has 0 radical (unpaired) electrons. The molecule has 8 nitrogen and oxygen atoms in total. The first kappa shape index (κ1) is 55.8. The summed E-state index contributed by atoms with van der Waals surface area (Å²) in [5, 5.41) is 9.63. The van der Waals surface area contributed by atoms with Gasteiger partial charge in [-0.25, -0.2) is 4.79 Å². The van der Waals surface area contributed by atoms with Gasteiger partial charge in [-0.3, -0.25) is 9.59 Å². The molecular weight excluding hydrogens is 739 g/mol. The van der Waals surface area contributed by atoms with Crippen molar-refractivity contribution >= 4 is 17.9 Å². The monoisotopic (exact) mass is 827 g/mol. The third kappa shape index (κ3) is 40.0. The number of unbranched alkanes of at least 4 members (excludes halogenated alkanes) is 15. The molecule has 1 N–H and O–H groups in total. The molecule has 0 rings (SSSR count). The molecule has 338 valence electrons. The first-order valence-corrected chi connectivity index (χ1v) is 23.5. The lowest BCUT2D eigenvalue weighted by Crippen LogP contribution is -2.50. The van der Waals surface area contributed by atoms with Crippen LogP contribution in [0.3, 0.4) is 0 Å². The molecule has 0 aromatic heterocycles. The Morgan fingerprint density at radius 2 is 0.949 bits per heavy atom.